The smallest absolute Gasteiger partial charge is 0.130 e. The molecule has 0 unspecified atom stereocenters. The van der Waals surface area contributed by atoms with Crippen LogP contribution in [0.1, 0.15) is 36.9 Å². The maximum absolute atomic E-state index is 13.9. The monoisotopic (exact) mass is 312 g/mol. The van der Waals surface area contributed by atoms with Crippen molar-refractivity contribution < 1.29 is 13.0 Å². The predicted octanol–water partition coefficient (Wildman–Crippen LogP) is 3.58. The number of aryl methyl sites for hydroxylation is 1. The van der Waals surface area contributed by atoms with Gasteiger partial charge in [0.2, 0.25) is 0 Å². The van der Waals surface area contributed by atoms with Crippen LogP contribution in [0.15, 0.2) is 30.6 Å². The highest BCUT2D eigenvalue weighted by Crippen LogP contribution is 2.28. The largest absolute Gasteiger partial charge is 0.334 e. The van der Waals surface area contributed by atoms with Crippen LogP contribution in [0.4, 0.5) is 8.78 Å². The molecule has 0 fully saturated rings. The quantitative estimate of drug-likeness (QED) is 0.817. The average molecular weight is 312 g/mol. The molecule has 0 saturated carbocycles. The number of nitrogens with zero attached hydrogens (tertiary/aromatic N) is 2. The van der Waals surface area contributed by atoms with Gasteiger partial charge in [0.1, 0.15) is 17.5 Å². The minimum absolute atomic E-state index is 0.260. The van der Waals surface area contributed by atoms with E-state index in [9.17, 15) is 13.0 Å². The summed E-state index contributed by atoms with van der Waals surface area (Å²) < 4.78 is 41.3. The fraction of sp³-hybridized carbons (Fsp3) is 0.400. The normalized spacial score (nSPS) is 14.1. The summed E-state index contributed by atoms with van der Waals surface area (Å²) in [6, 6.07) is 3.41. The van der Waals surface area contributed by atoms with E-state index in [1.54, 1.807) is 6.20 Å². The summed E-state index contributed by atoms with van der Waals surface area (Å²) >= 11 is 0. The minimum atomic E-state index is -1.31. The van der Waals surface area contributed by atoms with Gasteiger partial charge in [-0.15, -0.1) is 0 Å². The van der Waals surface area contributed by atoms with Gasteiger partial charge in [0.25, 0.3) is 0 Å². The van der Waals surface area contributed by atoms with Crippen molar-refractivity contribution >= 4 is 10.8 Å². The molecule has 114 valence electrons. The van der Waals surface area contributed by atoms with Crippen molar-refractivity contribution in [3.8, 4) is 0 Å². The fourth-order valence-electron chi connectivity index (χ4n) is 2.31. The van der Waals surface area contributed by atoms with Crippen LogP contribution in [0.3, 0.4) is 0 Å². The molecule has 0 N–H and O–H groups in total. The third-order valence-electron chi connectivity index (χ3n) is 3.41. The van der Waals surface area contributed by atoms with Gasteiger partial charge in [-0.2, -0.15) is 0 Å². The molecule has 0 bridgehead atoms. The van der Waals surface area contributed by atoms with Crippen LogP contribution in [0, 0.1) is 11.6 Å². The number of hydrogen-bond donors (Lipinski definition) is 0. The Balaban J connectivity index is 2.22. The zero-order chi connectivity index (χ0) is 15.4. The minimum Gasteiger partial charge on any atom is -0.334 e. The molecular weight excluding hydrogens is 294 g/mol. The molecule has 6 heteroatoms. The molecule has 0 spiro atoms. The van der Waals surface area contributed by atoms with Gasteiger partial charge in [-0.05, 0) is 19.4 Å². The molecule has 0 aliphatic rings. The Kier molecular flexibility index (Phi) is 5.22. The lowest BCUT2D eigenvalue weighted by atomic mass is 10.1. The number of imidazole rings is 1. The van der Waals surface area contributed by atoms with Crippen molar-refractivity contribution in [2.24, 2.45) is 0 Å². The molecule has 0 amide bonds. The molecule has 3 nitrogen and oxygen atoms in total. The summed E-state index contributed by atoms with van der Waals surface area (Å²) in [6.45, 7) is 4.57. The van der Waals surface area contributed by atoms with E-state index in [0.29, 0.717) is 12.0 Å². The van der Waals surface area contributed by atoms with E-state index in [1.807, 2.05) is 24.6 Å². The first-order valence-corrected chi connectivity index (χ1v) is 8.27. The van der Waals surface area contributed by atoms with Gasteiger partial charge in [0, 0.05) is 41.4 Å². The summed E-state index contributed by atoms with van der Waals surface area (Å²) in [5.41, 5.74) is 0.298. The van der Waals surface area contributed by atoms with Gasteiger partial charge in [-0.25, -0.2) is 13.8 Å². The second kappa shape index (κ2) is 6.93. The van der Waals surface area contributed by atoms with Crippen LogP contribution in [-0.4, -0.2) is 13.8 Å². The lowest BCUT2D eigenvalue weighted by Gasteiger charge is -2.16. The van der Waals surface area contributed by atoms with Gasteiger partial charge in [-0.3, -0.25) is 4.21 Å². The van der Waals surface area contributed by atoms with Gasteiger partial charge < -0.3 is 4.57 Å². The van der Waals surface area contributed by atoms with Crippen molar-refractivity contribution in [3.63, 3.8) is 0 Å². The molecule has 2 rings (SSSR count). The second-order valence-electron chi connectivity index (χ2n) is 4.72. The highest BCUT2D eigenvalue weighted by Gasteiger charge is 2.22. The fourth-order valence-corrected chi connectivity index (χ4v) is 3.85. The first kappa shape index (κ1) is 15.8. The van der Waals surface area contributed by atoms with Crippen molar-refractivity contribution in [2.75, 3.05) is 0 Å². The summed E-state index contributed by atoms with van der Waals surface area (Å²) in [5, 5.41) is -0.465. The van der Waals surface area contributed by atoms with E-state index in [0.717, 1.165) is 18.4 Å². The van der Waals surface area contributed by atoms with Gasteiger partial charge in [0.05, 0.1) is 11.0 Å². The average Bonchev–Trinajstić information content (AvgIpc) is 2.89. The van der Waals surface area contributed by atoms with Crippen LogP contribution < -0.4 is 0 Å². The van der Waals surface area contributed by atoms with E-state index >= 15 is 0 Å². The lowest BCUT2D eigenvalue weighted by Crippen LogP contribution is -2.13. The van der Waals surface area contributed by atoms with Gasteiger partial charge in [-0.1, -0.05) is 13.0 Å². The van der Waals surface area contributed by atoms with Crippen LogP contribution in [0.25, 0.3) is 0 Å². The summed E-state index contributed by atoms with van der Waals surface area (Å²) in [6.07, 6.45) is 4.00. The molecule has 21 heavy (non-hydrogen) atoms. The molecule has 1 heterocycles. The Hall–Kier alpha value is -1.56. The van der Waals surface area contributed by atoms with E-state index in [2.05, 4.69) is 4.98 Å². The Labute approximate surface area is 125 Å². The topological polar surface area (TPSA) is 34.9 Å². The number of halogens is 2. The van der Waals surface area contributed by atoms with Crippen LogP contribution in [0.5, 0.6) is 0 Å². The van der Waals surface area contributed by atoms with E-state index in [1.165, 1.54) is 12.1 Å². The zero-order valence-electron chi connectivity index (χ0n) is 12.1. The number of rotatable bonds is 6. The van der Waals surface area contributed by atoms with Crippen LogP contribution in [-0.2, 0) is 23.1 Å². The maximum Gasteiger partial charge on any atom is 0.130 e. The molecule has 1 aromatic heterocycles. The molecule has 2 atom stereocenters. The molecular formula is C15H18F2N2OS. The van der Waals surface area contributed by atoms with Crippen molar-refractivity contribution in [2.45, 2.75) is 37.8 Å². The molecule has 1 aromatic carbocycles. The molecule has 0 aliphatic carbocycles. The Morgan fingerprint density at radius 2 is 2.10 bits per heavy atom. The van der Waals surface area contributed by atoms with Gasteiger partial charge >= 0.3 is 0 Å². The van der Waals surface area contributed by atoms with E-state index < -0.39 is 27.7 Å². The molecule has 0 aliphatic heterocycles. The Morgan fingerprint density at radius 3 is 2.71 bits per heavy atom. The van der Waals surface area contributed by atoms with Crippen molar-refractivity contribution in [1.82, 2.24) is 9.55 Å². The first-order valence-electron chi connectivity index (χ1n) is 6.88. The first-order chi connectivity index (χ1) is 10.1. The standard InChI is InChI=1S/C15H18F2N2OS/c1-3-14(12-6-5-11(16)9-13(12)17)21(20)10-15-18-7-8-19(15)4-2/h5-9,14H,3-4,10H2,1-2H3/t14-,21-/m1/s1. The molecule has 0 saturated heterocycles. The highest BCUT2D eigenvalue weighted by molar-refractivity contribution is 7.84. The van der Waals surface area contributed by atoms with Crippen molar-refractivity contribution in [3.05, 3.63) is 53.6 Å². The Bertz CT molecular complexity index is 642. The summed E-state index contributed by atoms with van der Waals surface area (Å²) in [7, 11) is -1.31. The van der Waals surface area contributed by atoms with E-state index in [4.69, 9.17) is 0 Å². The molecule has 0 radical (unpaired) electrons. The second-order valence-corrected chi connectivity index (χ2v) is 6.34. The van der Waals surface area contributed by atoms with Gasteiger partial charge in [0.15, 0.2) is 0 Å². The van der Waals surface area contributed by atoms with Crippen LogP contribution >= 0.6 is 0 Å². The maximum atomic E-state index is 13.9. The number of benzene rings is 1. The number of hydrogen-bond acceptors (Lipinski definition) is 2. The summed E-state index contributed by atoms with van der Waals surface area (Å²) in [4.78, 5) is 4.19. The van der Waals surface area contributed by atoms with E-state index in [-0.39, 0.29) is 5.75 Å². The zero-order valence-corrected chi connectivity index (χ0v) is 12.9. The number of aromatic nitrogens is 2. The predicted molar refractivity (Wildman–Crippen MR) is 79.1 cm³/mol. The highest BCUT2D eigenvalue weighted by atomic mass is 32.2. The lowest BCUT2D eigenvalue weighted by molar-refractivity contribution is 0.566. The molecule has 2 aromatic rings. The third-order valence-corrected chi connectivity index (χ3v) is 5.18. The Morgan fingerprint density at radius 1 is 1.33 bits per heavy atom. The van der Waals surface area contributed by atoms with Crippen molar-refractivity contribution in [1.29, 1.82) is 0 Å². The van der Waals surface area contributed by atoms with Crippen LogP contribution in [0.2, 0.25) is 0 Å². The summed E-state index contributed by atoms with van der Waals surface area (Å²) in [5.74, 6) is -0.292. The third kappa shape index (κ3) is 3.56. The SMILES string of the molecule is CC[C@H](c1ccc(F)cc1F)[S@](=O)Cc1nccn1CC.